The van der Waals surface area contributed by atoms with Gasteiger partial charge in [-0.1, -0.05) is 42.5 Å². The van der Waals surface area contributed by atoms with E-state index < -0.39 is 0 Å². The first-order valence-electron chi connectivity index (χ1n) is 7.25. The van der Waals surface area contributed by atoms with Crippen LogP contribution in [0.4, 0.5) is 5.82 Å². The SMILES string of the molecule is NCc1ccc(-c2ccccc2)nc1NCc1cccnc1. The molecule has 0 atom stereocenters. The van der Waals surface area contributed by atoms with Crippen molar-refractivity contribution >= 4 is 5.82 Å². The second kappa shape index (κ2) is 6.83. The number of nitrogens with zero attached hydrogens (tertiary/aromatic N) is 2. The van der Waals surface area contributed by atoms with E-state index in [1.165, 1.54) is 0 Å². The summed E-state index contributed by atoms with van der Waals surface area (Å²) in [6.45, 7) is 1.13. The van der Waals surface area contributed by atoms with Gasteiger partial charge in [0, 0.05) is 36.6 Å². The Hall–Kier alpha value is -2.72. The molecular formula is C18H18N4. The Labute approximate surface area is 130 Å². The van der Waals surface area contributed by atoms with Crippen molar-refractivity contribution in [3.63, 3.8) is 0 Å². The van der Waals surface area contributed by atoms with E-state index >= 15 is 0 Å². The number of rotatable bonds is 5. The Morgan fingerprint density at radius 1 is 0.955 bits per heavy atom. The molecule has 0 spiro atoms. The number of pyridine rings is 2. The highest BCUT2D eigenvalue weighted by Crippen LogP contribution is 2.21. The Balaban J connectivity index is 1.85. The Kier molecular flexibility index (Phi) is 4.41. The fraction of sp³-hybridized carbons (Fsp3) is 0.111. The zero-order chi connectivity index (χ0) is 15.2. The van der Waals surface area contributed by atoms with Gasteiger partial charge in [-0.2, -0.15) is 0 Å². The minimum absolute atomic E-state index is 0.456. The Bertz CT molecular complexity index is 727. The lowest BCUT2D eigenvalue weighted by atomic mass is 10.1. The van der Waals surface area contributed by atoms with Crippen molar-refractivity contribution in [2.24, 2.45) is 5.73 Å². The molecule has 3 N–H and O–H groups in total. The highest BCUT2D eigenvalue weighted by Gasteiger charge is 2.06. The van der Waals surface area contributed by atoms with Gasteiger partial charge in [-0.25, -0.2) is 4.98 Å². The van der Waals surface area contributed by atoms with Crippen LogP contribution in [0.25, 0.3) is 11.3 Å². The third kappa shape index (κ3) is 3.30. The molecule has 0 radical (unpaired) electrons. The molecule has 0 amide bonds. The summed E-state index contributed by atoms with van der Waals surface area (Å²) in [7, 11) is 0. The summed E-state index contributed by atoms with van der Waals surface area (Å²) < 4.78 is 0. The average Bonchev–Trinajstić information content (AvgIpc) is 2.61. The maximum Gasteiger partial charge on any atom is 0.131 e. The first kappa shape index (κ1) is 14.2. The number of nitrogens with two attached hydrogens (primary N) is 1. The summed E-state index contributed by atoms with van der Waals surface area (Å²) in [5.41, 5.74) is 9.96. The van der Waals surface area contributed by atoms with Crippen LogP contribution in [0.5, 0.6) is 0 Å². The van der Waals surface area contributed by atoms with Crippen LogP contribution in [0, 0.1) is 0 Å². The van der Waals surface area contributed by atoms with E-state index in [0.29, 0.717) is 13.1 Å². The summed E-state index contributed by atoms with van der Waals surface area (Å²) in [4.78, 5) is 8.84. The summed E-state index contributed by atoms with van der Waals surface area (Å²) in [6, 6.07) is 18.1. The second-order valence-corrected chi connectivity index (χ2v) is 4.99. The van der Waals surface area contributed by atoms with Crippen LogP contribution in [0.1, 0.15) is 11.1 Å². The second-order valence-electron chi connectivity index (χ2n) is 4.99. The molecule has 3 aromatic rings. The standard InChI is InChI=1S/C18H18N4/c19-11-16-8-9-17(15-6-2-1-3-7-15)22-18(16)21-13-14-5-4-10-20-12-14/h1-10,12H,11,13,19H2,(H,21,22). The van der Waals surface area contributed by atoms with Crippen molar-refractivity contribution in [3.05, 3.63) is 78.1 Å². The zero-order valence-electron chi connectivity index (χ0n) is 12.2. The molecular weight excluding hydrogens is 272 g/mol. The van der Waals surface area contributed by atoms with E-state index in [9.17, 15) is 0 Å². The topological polar surface area (TPSA) is 63.8 Å². The molecule has 0 aliphatic carbocycles. The molecule has 0 aliphatic rings. The molecule has 22 heavy (non-hydrogen) atoms. The number of benzene rings is 1. The predicted octanol–water partition coefficient (Wildman–Crippen LogP) is 3.21. The van der Waals surface area contributed by atoms with E-state index in [1.807, 2.05) is 48.7 Å². The lowest BCUT2D eigenvalue weighted by Gasteiger charge is -2.12. The molecule has 1 aromatic carbocycles. The van der Waals surface area contributed by atoms with Crippen molar-refractivity contribution < 1.29 is 0 Å². The van der Waals surface area contributed by atoms with Gasteiger partial charge < -0.3 is 11.1 Å². The number of aromatic nitrogens is 2. The van der Waals surface area contributed by atoms with Crippen LogP contribution in [0.3, 0.4) is 0 Å². The van der Waals surface area contributed by atoms with Crippen LogP contribution < -0.4 is 11.1 Å². The Morgan fingerprint density at radius 2 is 1.82 bits per heavy atom. The molecule has 2 aromatic heterocycles. The van der Waals surface area contributed by atoms with Crippen molar-refractivity contribution in [1.29, 1.82) is 0 Å². The van der Waals surface area contributed by atoms with Gasteiger partial charge in [0.1, 0.15) is 5.82 Å². The first-order chi connectivity index (χ1) is 10.9. The van der Waals surface area contributed by atoms with E-state index in [4.69, 9.17) is 10.7 Å². The molecule has 4 heteroatoms. The molecule has 110 valence electrons. The van der Waals surface area contributed by atoms with E-state index in [1.54, 1.807) is 6.20 Å². The summed E-state index contributed by atoms with van der Waals surface area (Å²) in [6.07, 6.45) is 3.61. The molecule has 0 saturated carbocycles. The lowest BCUT2D eigenvalue weighted by molar-refractivity contribution is 1.02. The molecule has 4 nitrogen and oxygen atoms in total. The largest absolute Gasteiger partial charge is 0.366 e. The van der Waals surface area contributed by atoms with Gasteiger partial charge >= 0.3 is 0 Å². The highest BCUT2D eigenvalue weighted by molar-refractivity contribution is 5.62. The van der Waals surface area contributed by atoms with Gasteiger partial charge in [-0.3, -0.25) is 4.98 Å². The average molecular weight is 290 g/mol. The lowest BCUT2D eigenvalue weighted by Crippen LogP contribution is -2.08. The number of hydrogen-bond donors (Lipinski definition) is 2. The Morgan fingerprint density at radius 3 is 2.55 bits per heavy atom. The van der Waals surface area contributed by atoms with Gasteiger partial charge in [0.2, 0.25) is 0 Å². The van der Waals surface area contributed by atoms with Crippen molar-refractivity contribution in [3.8, 4) is 11.3 Å². The third-order valence-electron chi connectivity index (χ3n) is 3.45. The number of nitrogens with one attached hydrogen (secondary N) is 1. The van der Waals surface area contributed by atoms with Crippen molar-refractivity contribution in [2.45, 2.75) is 13.1 Å². The van der Waals surface area contributed by atoms with Crippen LogP contribution in [-0.2, 0) is 13.1 Å². The quantitative estimate of drug-likeness (QED) is 0.757. The van der Waals surface area contributed by atoms with Gasteiger partial charge in [0.25, 0.3) is 0 Å². The molecule has 0 unspecified atom stereocenters. The maximum absolute atomic E-state index is 5.82. The van der Waals surface area contributed by atoms with E-state index in [0.717, 1.165) is 28.2 Å². The zero-order valence-corrected chi connectivity index (χ0v) is 12.2. The molecule has 3 rings (SSSR count). The first-order valence-corrected chi connectivity index (χ1v) is 7.25. The molecule has 0 aliphatic heterocycles. The van der Waals surface area contributed by atoms with E-state index in [2.05, 4.69) is 22.4 Å². The predicted molar refractivity (Wildman–Crippen MR) is 89.1 cm³/mol. The van der Waals surface area contributed by atoms with Crippen LogP contribution in [-0.4, -0.2) is 9.97 Å². The molecule has 2 heterocycles. The minimum atomic E-state index is 0.456. The molecule has 0 bridgehead atoms. The highest BCUT2D eigenvalue weighted by atomic mass is 15.0. The monoisotopic (exact) mass is 290 g/mol. The molecule has 0 saturated heterocycles. The number of anilines is 1. The van der Waals surface area contributed by atoms with E-state index in [-0.39, 0.29) is 0 Å². The molecule has 0 fully saturated rings. The summed E-state index contributed by atoms with van der Waals surface area (Å²) in [5, 5.41) is 3.36. The normalized spacial score (nSPS) is 10.4. The summed E-state index contributed by atoms with van der Waals surface area (Å²) in [5.74, 6) is 0.827. The fourth-order valence-electron chi connectivity index (χ4n) is 2.26. The van der Waals surface area contributed by atoms with Crippen molar-refractivity contribution in [2.75, 3.05) is 5.32 Å². The fourth-order valence-corrected chi connectivity index (χ4v) is 2.26. The summed E-state index contributed by atoms with van der Waals surface area (Å²) >= 11 is 0. The van der Waals surface area contributed by atoms with Crippen LogP contribution in [0.15, 0.2) is 67.0 Å². The van der Waals surface area contributed by atoms with Gasteiger partial charge in [0.05, 0.1) is 5.69 Å². The number of hydrogen-bond acceptors (Lipinski definition) is 4. The van der Waals surface area contributed by atoms with Crippen molar-refractivity contribution in [1.82, 2.24) is 9.97 Å². The van der Waals surface area contributed by atoms with Gasteiger partial charge in [-0.05, 0) is 17.7 Å². The third-order valence-corrected chi connectivity index (χ3v) is 3.45. The van der Waals surface area contributed by atoms with Gasteiger partial charge in [0.15, 0.2) is 0 Å². The van der Waals surface area contributed by atoms with Gasteiger partial charge in [-0.15, -0.1) is 0 Å². The maximum atomic E-state index is 5.82. The van der Waals surface area contributed by atoms with Crippen LogP contribution >= 0.6 is 0 Å². The smallest absolute Gasteiger partial charge is 0.131 e. The minimum Gasteiger partial charge on any atom is -0.366 e. The van der Waals surface area contributed by atoms with Crippen LogP contribution in [0.2, 0.25) is 0 Å².